The molecule has 17 heavy (non-hydrogen) atoms. The minimum absolute atomic E-state index is 0.105. The quantitative estimate of drug-likeness (QED) is 0.866. The molecule has 90 valence electrons. The van der Waals surface area contributed by atoms with Gasteiger partial charge in [-0.2, -0.15) is 0 Å². The first-order valence-corrected chi connectivity index (χ1v) is 6.26. The monoisotopic (exact) mass is 233 g/mol. The fraction of sp³-hybridized carbons (Fsp3) is 0.500. The molecule has 0 amide bonds. The van der Waals surface area contributed by atoms with Crippen LogP contribution in [0.5, 0.6) is 0 Å². The standard InChI is InChI=1S/C14H16FNO/c15-12-4-2-1-3-9(12)7-14(17)11-8-10-5-6-13(11)16-10/h1-4,10-11,13,16H,5-8H2. The Bertz CT molecular complexity index is 446. The van der Waals surface area contributed by atoms with E-state index in [4.69, 9.17) is 0 Å². The van der Waals surface area contributed by atoms with E-state index < -0.39 is 0 Å². The van der Waals surface area contributed by atoms with E-state index in [-0.39, 0.29) is 23.9 Å². The second-order valence-corrected chi connectivity index (χ2v) is 5.12. The van der Waals surface area contributed by atoms with Gasteiger partial charge in [-0.05, 0) is 30.9 Å². The number of ketones is 1. The summed E-state index contributed by atoms with van der Waals surface area (Å²) in [4.78, 5) is 12.2. The number of benzene rings is 1. The van der Waals surface area contributed by atoms with Gasteiger partial charge in [0, 0.05) is 24.4 Å². The van der Waals surface area contributed by atoms with Gasteiger partial charge in [-0.1, -0.05) is 18.2 Å². The number of nitrogens with one attached hydrogen (secondary N) is 1. The average molecular weight is 233 g/mol. The van der Waals surface area contributed by atoms with Gasteiger partial charge in [0.15, 0.2) is 0 Å². The van der Waals surface area contributed by atoms with Crippen molar-refractivity contribution < 1.29 is 9.18 Å². The topological polar surface area (TPSA) is 29.1 Å². The molecule has 2 nitrogen and oxygen atoms in total. The first-order chi connectivity index (χ1) is 8.24. The molecular formula is C14H16FNO. The lowest BCUT2D eigenvalue weighted by molar-refractivity contribution is -0.122. The van der Waals surface area contributed by atoms with Crippen molar-refractivity contribution in [2.45, 2.75) is 37.8 Å². The second-order valence-electron chi connectivity index (χ2n) is 5.12. The molecule has 3 heteroatoms. The smallest absolute Gasteiger partial charge is 0.142 e. The molecule has 3 unspecified atom stereocenters. The van der Waals surface area contributed by atoms with Crippen LogP contribution >= 0.6 is 0 Å². The summed E-state index contributed by atoms with van der Waals surface area (Å²) in [6.45, 7) is 0. The highest BCUT2D eigenvalue weighted by molar-refractivity contribution is 5.84. The molecule has 2 aliphatic heterocycles. The summed E-state index contributed by atoms with van der Waals surface area (Å²) in [5, 5.41) is 3.44. The van der Waals surface area contributed by atoms with Crippen molar-refractivity contribution in [1.29, 1.82) is 0 Å². The van der Waals surface area contributed by atoms with Crippen molar-refractivity contribution >= 4 is 5.78 Å². The lowest BCUT2D eigenvalue weighted by Crippen LogP contribution is -2.29. The molecular weight excluding hydrogens is 217 g/mol. The van der Waals surface area contributed by atoms with Gasteiger partial charge in [-0.15, -0.1) is 0 Å². The maximum atomic E-state index is 13.5. The molecule has 3 atom stereocenters. The lowest BCUT2D eigenvalue weighted by Gasteiger charge is -2.18. The maximum Gasteiger partial charge on any atom is 0.142 e. The highest BCUT2D eigenvalue weighted by atomic mass is 19.1. The van der Waals surface area contributed by atoms with E-state index in [9.17, 15) is 9.18 Å². The van der Waals surface area contributed by atoms with Gasteiger partial charge in [0.05, 0.1) is 0 Å². The summed E-state index contributed by atoms with van der Waals surface area (Å²) in [6.07, 6.45) is 3.46. The van der Waals surface area contributed by atoms with E-state index in [1.807, 2.05) is 0 Å². The van der Waals surface area contributed by atoms with Gasteiger partial charge in [0.2, 0.25) is 0 Å². The number of carbonyl (C=O) groups is 1. The summed E-state index contributed by atoms with van der Waals surface area (Å²) in [5.41, 5.74) is 0.528. The van der Waals surface area contributed by atoms with Crippen molar-refractivity contribution in [1.82, 2.24) is 5.32 Å². The van der Waals surface area contributed by atoms with E-state index in [1.165, 1.54) is 12.5 Å². The Morgan fingerprint density at radius 2 is 2.18 bits per heavy atom. The molecule has 0 radical (unpaired) electrons. The molecule has 2 heterocycles. The molecule has 0 aliphatic carbocycles. The van der Waals surface area contributed by atoms with E-state index in [0.717, 1.165) is 12.8 Å². The Hall–Kier alpha value is -1.22. The zero-order chi connectivity index (χ0) is 11.8. The van der Waals surface area contributed by atoms with Crippen molar-refractivity contribution in [3.63, 3.8) is 0 Å². The van der Waals surface area contributed by atoms with Gasteiger partial charge >= 0.3 is 0 Å². The van der Waals surface area contributed by atoms with Gasteiger partial charge in [0.25, 0.3) is 0 Å². The number of Topliss-reactive ketones (excluding diaryl/α,β-unsaturated/α-hetero) is 1. The summed E-state index contributed by atoms with van der Waals surface area (Å²) >= 11 is 0. The predicted molar refractivity (Wildman–Crippen MR) is 63.2 cm³/mol. The Labute approximate surface area is 100 Å². The number of fused-ring (bicyclic) bond motifs is 2. The van der Waals surface area contributed by atoms with Gasteiger partial charge in [-0.3, -0.25) is 4.79 Å². The predicted octanol–water partition coefficient (Wildman–Crippen LogP) is 2.08. The van der Waals surface area contributed by atoms with Crippen molar-refractivity contribution in [3.8, 4) is 0 Å². The number of carbonyl (C=O) groups excluding carboxylic acids is 1. The van der Waals surface area contributed by atoms with E-state index in [0.29, 0.717) is 17.6 Å². The average Bonchev–Trinajstić information content (AvgIpc) is 2.94. The second kappa shape index (κ2) is 4.22. The minimum Gasteiger partial charge on any atom is -0.310 e. The highest BCUT2D eigenvalue weighted by Gasteiger charge is 2.42. The van der Waals surface area contributed by atoms with Crippen LogP contribution in [0.2, 0.25) is 0 Å². The Morgan fingerprint density at radius 3 is 2.82 bits per heavy atom. The summed E-state index contributed by atoms with van der Waals surface area (Å²) in [6, 6.07) is 7.43. The molecule has 0 spiro atoms. The summed E-state index contributed by atoms with van der Waals surface area (Å²) in [5.74, 6) is 0.0279. The summed E-state index contributed by atoms with van der Waals surface area (Å²) < 4.78 is 13.5. The van der Waals surface area contributed by atoms with Crippen LogP contribution in [0.15, 0.2) is 24.3 Å². The van der Waals surface area contributed by atoms with Crippen molar-refractivity contribution in [2.75, 3.05) is 0 Å². The third-order valence-electron chi connectivity index (χ3n) is 4.04. The van der Waals surface area contributed by atoms with Crippen LogP contribution in [0.25, 0.3) is 0 Å². The normalized spacial score (nSPS) is 30.8. The summed E-state index contributed by atoms with van der Waals surface area (Å²) in [7, 11) is 0. The fourth-order valence-corrected chi connectivity index (χ4v) is 3.14. The van der Waals surface area contributed by atoms with Crippen LogP contribution in [0.1, 0.15) is 24.8 Å². The van der Waals surface area contributed by atoms with Gasteiger partial charge in [-0.25, -0.2) is 4.39 Å². The van der Waals surface area contributed by atoms with Gasteiger partial charge < -0.3 is 5.32 Å². The van der Waals surface area contributed by atoms with Crippen LogP contribution in [-0.4, -0.2) is 17.9 Å². The van der Waals surface area contributed by atoms with E-state index in [2.05, 4.69) is 5.32 Å². The SMILES string of the molecule is O=C(Cc1ccccc1F)C1CC2CCC1N2. The number of halogens is 1. The van der Waals surface area contributed by atoms with Crippen LogP contribution in [0, 0.1) is 11.7 Å². The zero-order valence-corrected chi connectivity index (χ0v) is 9.66. The molecule has 2 aliphatic rings. The first-order valence-electron chi connectivity index (χ1n) is 6.26. The maximum absolute atomic E-state index is 13.5. The Morgan fingerprint density at radius 1 is 1.35 bits per heavy atom. The molecule has 1 aromatic carbocycles. The number of hydrogen-bond donors (Lipinski definition) is 1. The molecule has 1 N–H and O–H groups in total. The Balaban J connectivity index is 1.70. The highest BCUT2D eigenvalue weighted by Crippen LogP contribution is 2.34. The van der Waals surface area contributed by atoms with E-state index in [1.54, 1.807) is 18.2 Å². The molecule has 2 bridgehead atoms. The molecule has 3 rings (SSSR count). The van der Waals surface area contributed by atoms with Crippen LogP contribution < -0.4 is 5.32 Å². The van der Waals surface area contributed by atoms with Crippen LogP contribution in [0.3, 0.4) is 0 Å². The van der Waals surface area contributed by atoms with Crippen molar-refractivity contribution in [2.24, 2.45) is 5.92 Å². The van der Waals surface area contributed by atoms with Crippen LogP contribution in [0.4, 0.5) is 4.39 Å². The fourth-order valence-electron chi connectivity index (χ4n) is 3.14. The third kappa shape index (κ3) is 2.00. The first kappa shape index (κ1) is 10.9. The van der Waals surface area contributed by atoms with Crippen molar-refractivity contribution in [3.05, 3.63) is 35.6 Å². The molecule has 2 fully saturated rings. The molecule has 2 saturated heterocycles. The lowest BCUT2D eigenvalue weighted by atomic mass is 9.84. The minimum atomic E-state index is -0.267. The van der Waals surface area contributed by atoms with Crippen LogP contribution in [-0.2, 0) is 11.2 Å². The Kier molecular flexibility index (Phi) is 2.71. The zero-order valence-electron chi connectivity index (χ0n) is 9.66. The number of hydrogen-bond acceptors (Lipinski definition) is 2. The van der Waals surface area contributed by atoms with E-state index >= 15 is 0 Å². The molecule has 1 aromatic rings. The van der Waals surface area contributed by atoms with Gasteiger partial charge in [0.1, 0.15) is 11.6 Å². The number of rotatable bonds is 3. The third-order valence-corrected chi connectivity index (χ3v) is 4.04. The molecule has 0 aromatic heterocycles. The largest absolute Gasteiger partial charge is 0.310 e. The molecule has 0 saturated carbocycles.